The normalized spacial score (nSPS) is 15.8. The number of rotatable bonds is 7. The number of hydrogen-bond donors (Lipinski definition) is 0. The van der Waals surface area contributed by atoms with Gasteiger partial charge in [-0.25, -0.2) is 0 Å². The molecule has 155 valence electrons. The molecule has 0 amide bonds. The Kier molecular flexibility index (Phi) is 6.75. The predicted molar refractivity (Wildman–Crippen MR) is 136 cm³/mol. The highest BCUT2D eigenvalue weighted by Gasteiger charge is 2.41. The SMILES string of the molecule is [CH]1[CH][C]([C@H](Cc2ccccn2)c2ccccc2)[C](P(c2ccccc2)c2ccccc2)[CH]1. The van der Waals surface area contributed by atoms with Crippen LogP contribution in [0.5, 0.6) is 0 Å². The first-order valence-electron chi connectivity index (χ1n) is 11.0. The van der Waals surface area contributed by atoms with Gasteiger partial charge in [0.15, 0.2) is 0 Å². The zero-order valence-electron chi connectivity index (χ0n) is 17.9. The molecule has 2 heteroatoms. The van der Waals surface area contributed by atoms with Crippen LogP contribution in [0.25, 0.3) is 0 Å². The fourth-order valence-electron chi connectivity index (χ4n) is 4.32. The maximum Gasteiger partial charge on any atom is 0.0409 e. The van der Waals surface area contributed by atoms with Crippen LogP contribution in [-0.4, -0.2) is 4.98 Å². The highest BCUT2D eigenvalue weighted by Crippen LogP contribution is 2.59. The number of nitrogens with zero attached hydrogens (tertiary/aromatic N) is 1. The van der Waals surface area contributed by atoms with Crippen molar-refractivity contribution < 1.29 is 0 Å². The van der Waals surface area contributed by atoms with Crippen LogP contribution < -0.4 is 10.6 Å². The van der Waals surface area contributed by atoms with E-state index in [2.05, 4.69) is 127 Å². The summed E-state index contributed by atoms with van der Waals surface area (Å²) in [5.41, 5.74) is 3.89. The van der Waals surface area contributed by atoms with Crippen LogP contribution in [-0.2, 0) is 6.42 Å². The zero-order chi connectivity index (χ0) is 21.6. The molecule has 0 aliphatic heterocycles. The van der Waals surface area contributed by atoms with Crippen molar-refractivity contribution in [1.29, 1.82) is 0 Å². The summed E-state index contributed by atoms with van der Waals surface area (Å²) in [5.74, 6) is 1.66. The van der Waals surface area contributed by atoms with Crippen LogP contribution >= 0.6 is 7.92 Å². The van der Waals surface area contributed by atoms with Gasteiger partial charge in [-0.3, -0.25) is 4.98 Å². The molecule has 1 aliphatic rings. The van der Waals surface area contributed by atoms with Gasteiger partial charge in [-0.05, 0) is 73.7 Å². The summed E-state index contributed by atoms with van der Waals surface area (Å²) in [6.45, 7) is 0. The first-order chi connectivity index (χ1) is 15.9. The topological polar surface area (TPSA) is 12.9 Å². The minimum Gasteiger partial charge on any atom is -0.261 e. The Morgan fingerprint density at radius 1 is 0.625 bits per heavy atom. The first-order valence-corrected chi connectivity index (χ1v) is 12.3. The zero-order valence-corrected chi connectivity index (χ0v) is 18.8. The average molecular weight is 431 g/mol. The summed E-state index contributed by atoms with van der Waals surface area (Å²) >= 11 is 0. The molecule has 1 saturated carbocycles. The Hall–Kier alpha value is -2.76. The van der Waals surface area contributed by atoms with Crippen molar-refractivity contribution in [2.45, 2.75) is 12.3 Å². The molecule has 1 heterocycles. The Labute approximate surface area is 193 Å². The highest BCUT2D eigenvalue weighted by atomic mass is 31.1. The van der Waals surface area contributed by atoms with E-state index in [1.807, 2.05) is 12.3 Å². The molecular weight excluding hydrogens is 405 g/mol. The van der Waals surface area contributed by atoms with Gasteiger partial charge in [0.25, 0.3) is 0 Å². The Bertz CT molecular complexity index is 1040. The third-order valence-corrected chi connectivity index (χ3v) is 8.33. The molecule has 4 aromatic rings. The van der Waals surface area contributed by atoms with Crippen LogP contribution in [0.15, 0.2) is 115 Å². The molecule has 0 N–H and O–H groups in total. The van der Waals surface area contributed by atoms with Crippen molar-refractivity contribution in [1.82, 2.24) is 4.98 Å². The second-order valence-corrected chi connectivity index (χ2v) is 10.0. The molecule has 0 unspecified atom stereocenters. The molecule has 0 saturated heterocycles. The average Bonchev–Trinajstić information content (AvgIpc) is 3.34. The lowest BCUT2D eigenvalue weighted by atomic mass is 9.81. The van der Waals surface area contributed by atoms with E-state index in [0.717, 1.165) is 12.1 Å². The monoisotopic (exact) mass is 430 g/mol. The summed E-state index contributed by atoms with van der Waals surface area (Å²) in [5, 5.41) is 2.76. The number of aromatic nitrogens is 1. The van der Waals surface area contributed by atoms with E-state index in [9.17, 15) is 0 Å². The van der Waals surface area contributed by atoms with Gasteiger partial charge in [0, 0.05) is 17.5 Å². The predicted octanol–water partition coefficient (Wildman–Crippen LogP) is 6.27. The summed E-state index contributed by atoms with van der Waals surface area (Å²) in [4.78, 5) is 4.65. The molecule has 1 aromatic heterocycles. The van der Waals surface area contributed by atoms with E-state index < -0.39 is 7.92 Å². The second-order valence-electron chi connectivity index (χ2n) is 7.86. The van der Waals surface area contributed by atoms with Crippen molar-refractivity contribution in [2.24, 2.45) is 0 Å². The summed E-state index contributed by atoms with van der Waals surface area (Å²) < 4.78 is 0. The van der Waals surface area contributed by atoms with Crippen molar-refractivity contribution in [2.75, 3.05) is 0 Å². The minimum atomic E-state index is -0.648. The van der Waals surface area contributed by atoms with Gasteiger partial charge in [-0.15, -0.1) is 0 Å². The maximum absolute atomic E-state index is 4.65. The molecule has 1 fully saturated rings. The number of pyridine rings is 1. The molecular formula is C30H25NP. The molecule has 5 radical (unpaired) electrons. The van der Waals surface area contributed by atoms with Crippen molar-refractivity contribution in [3.63, 3.8) is 0 Å². The lowest BCUT2D eigenvalue weighted by Gasteiger charge is -2.34. The molecule has 0 bridgehead atoms. The van der Waals surface area contributed by atoms with Gasteiger partial charge >= 0.3 is 0 Å². The second kappa shape index (κ2) is 10.2. The maximum atomic E-state index is 4.65. The van der Waals surface area contributed by atoms with Crippen LogP contribution in [0.3, 0.4) is 0 Å². The van der Waals surface area contributed by atoms with Crippen molar-refractivity contribution in [3.8, 4) is 0 Å². The smallest absolute Gasteiger partial charge is 0.0409 e. The van der Waals surface area contributed by atoms with E-state index in [4.69, 9.17) is 0 Å². The van der Waals surface area contributed by atoms with Crippen LogP contribution in [0, 0.1) is 30.8 Å². The van der Waals surface area contributed by atoms with E-state index >= 15 is 0 Å². The third-order valence-electron chi connectivity index (χ3n) is 5.81. The molecule has 3 aromatic carbocycles. The van der Waals surface area contributed by atoms with Crippen LogP contribution in [0.1, 0.15) is 17.2 Å². The molecule has 5 rings (SSSR count). The Morgan fingerprint density at radius 3 is 1.81 bits per heavy atom. The molecule has 1 aliphatic carbocycles. The lowest BCUT2D eigenvalue weighted by Crippen LogP contribution is -2.23. The van der Waals surface area contributed by atoms with E-state index in [1.165, 1.54) is 27.7 Å². The minimum absolute atomic E-state index is 0.258. The lowest BCUT2D eigenvalue weighted by molar-refractivity contribution is 0.715. The van der Waals surface area contributed by atoms with E-state index in [0.29, 0.717) is 0 Å². The molecule has 1 nitrogen and oxygen atoms in total. The highest BCUT2D eigenvalue weighted by molar-refractivity contribution is 7.76. The fraction of sp³-hybridized carbons (Fsp3) is 0.0667. The Morgan fingerprint density at radius 2 is 1.22 bits per heavy atom. The quantitative estimate of drug-likeness (QED) is 0.315. The molecule has 1 atom stereocenters. The summed E-state index contributed by atoms with van der Waals surface area (Å²) in [6, 6.07) is 38.9. The largest absolute Gasteiger partial charge is 0.261 e. The van der Waals surface area contributed by atoms with Gasteiger partial charge < -0.3 is 0 Å². The van der Waals surface area contributed by atoms with Gasteiger partial charge in [-0.2, -0.15) is 0 Å². The number of hydrogen-bond acceptors (Lipinski definition) is 1. The van der Waals surface area contributed by atoms with Crippen LogP contribution in [0.2, 0.25) is 0 Å². The standard InChI is InChI=1S/C30H25NP/c1-4-13-24(14-5-1)29(23-25-15-10-11-22-31-25)28-20-12-21-30(28)32(26-16-6-2-7-17-26)27-18-8-3-9-19-27/h1-22,29H,23H2/t29-/m1/s1. The third kappa shape index (κ3) is 4.69. The first kappa shape index (κ1) is 21.1. The molecule has 0 spiro atoms. The van der Waals surface area contributed by atoms with Gasteiger partial charge in [0.2, 0.25) is 0 Å². The van der Waals surface area contributed by atoms with Gasteiger partial charge in [0.1, 0.15) is 0 Å². The van der Waals surface area contributed by atoms with Gasteiger partial charge in [-0.1, -0.05) is 97.1 Å². The fourth-order valence-corrected chi connectivity index (χ4v) is 6.84. The number of benzene rings is 3. The van der Waals surface area contributed by atoms with Crippen molar-refractivity contribution in [3.05, 3.63) is 157 Å². The van der Waals surface area contributed by atoms with E-state index in [-0.39, 0.29) is 5.92 Å². The summed E-state index contributed by atoms with van der Waals surface area (Å²) in [7, 11) is -0.648. The van der Waals surface area contributed by atoms with Crippen molar-refractivity contribution >= 4 is 18.5 Å². The van der Waals surface area contributed by atoms with E-state index in [1.54, 1.807) is 0 Å². The molecule has 32 heavy (non-hydrogen) atoms. The summed E-state index contributed by atoms with van der Waals surface area (Å²) in [6.07, 6.45) is 9.64. The van der Waals surface area contributed by atoms with Crippen LogP contribution in [0.4, 0.5) is 0 Å². The Balaban J connectivity index is 1.55. The van der Waals surface area contributed by atoms with Gasteiger partial charge in [0.05, 0.1) is 0 Å².